The zero-order chi connectivity index (χ0) is 23.1. The van der Waals surface area contributed by atoms with Crippen molar-refractivity contribution in [3.63, 3.8) is 0 Å². The highest BCUT2D eigenvalue weighted by molar-refractivity contribution is 5.38. The van der Waals surface area contributed by atoms with Crippen molar-refractivity contribution < 1.29 is 42.9 Å². The lowest BCUT2D eigenvalue weighted by molar-refractivity contribution is -0.697. The minimum absolute atomic E-state index is 0. The molecule has 0 amide bonds. The fourth-order valence-corrected chi connectivity index (χ4v) is 6.99. The van der Waals surface area contributed by atoms with Crippen LogP contribution < -0.4 is 47.9 Å². The average Bonchev–Trinajstić information content (AvgIpc) is 3.34. The maximum atomic E-state index is 5.05. The number of anilines is 1. The van der Waals surface area contributed by atoms with E-state index in [2.05, 4.69) is 81.3 Å². The van der Waals surface area contributed by atoms with E-state index in [9.17, 15) is 0 Å². The molecule has 0 radical (unpaired) electrons. The van der Waals surface area contributed by atoms with Gasteiger partial charge in [0, 0.05) is 30.9 Å². The topological polar surface area (TPSA) is 40.9 Å². The molecule has 3 aromatic heterocycles. The number of hydrogen-bond donors (Lipinski definition) is 0. The van der Waals surface area contributed by atoms with Crippen molar-refractivity contribution in [1.29, 1.82) is 0 Å². The zero-order valence-electron chi connectivity index (χ0n) is 21.4. The van der Waals surface area contributed by atoms with Crippen LogP contribution in [-0.4, -0.2) is 10.7 Å². The van der Waals surface area contributed by atoms with Crippen LogP contribution in [0.2, 0.25) is 0 Å². The van der Waals surface area contributed by atoms with Gasteiger partial charge in [0.1, 0.15) is 6.04 Å². The summed E-state index contributed by atoms with van der Waals surface area (Å²) >= 11 is 0. The van der Waals surface area contributed by atoms with Crippen LogP contribution in [0.4, 0.5) is 5.82 Å². The summed E-state index contributed by atoms with van der Waals surface area (Å²) in [5.74, 6) is 2.38. The van der Waals surface area contributed by atoms with E-state index >= 15 is 0 Å². The van der Waals surface area contributed by atoms with E-state index in [1.54, 1.807) is 0 Å². The van der Waals surface area contributed by atoms with Gasteiger partial charge in [-0.15, -0.1) is 5.01 Å². The van der Waals surface area contributed by atoms with Gasteiger partial charge in [-0.25, -0.2) is 4.57 Å². The maximum Gasteiger partial charge on any atom is 0.313 e. The van der Waals surface area contributed by atoms with Gasteiger partial charge in [-0.1, -0.05) is 55.3 Å². The Balaban J connectivity index is 0.00000152. The summed E-state index contributed by atoms with van der Waals surface area (Å²) in [6.07, 6.45) is 17.5. The van der Waals surface area contributed by atoms with Crippen molar-refractivity contribution in [2.45, 2.75) is 96.1 Å². The molecule has 6 rings (SSSR count). The van der Waals surface area contributed by atoms with Crippen LogP contribution in [0, 0.1) is 12.8 Å². The van der Waals surface area contributed by atoms with Gasteiger partial charge in [0.15, 0.2) is 17.4 Å². The Morgan fingerprint density at radius 3 is 2.22 bits per heavy atom. The van der Waals surface area contributed by atoms with Crippen LogP contribution in [0.25, 0.3) is 5.65 Å². The van der Waals surface area contributed by atoms with Crippen molar-refractivity contribution in [3.8, 4) is 0 Å². The highest BCUT2D eigenvalue weighted by atomic mass is 79.9. The Labute approximate surface area is 235 Å². The Hall–Kier alpha value is -1.80. The predicted molar refractivity (Wildman–Crippen MR) is 133 cm³/mol. The molecule has 3 aromatic rings. The summed E-state index contributed by atoms with van der Waals surface area (Å²) < 4.78 is 6.84. The van der Waals surface area contributed by atoms with Crippen molar-refractivity contribution in [3.05, 3.63) is 60.2 Å². The lowest BCUT2D eigenvalue weighted by Gasteiger charge is -2.28. The van der Waals surface area contributed by atoms with Gasteiger partial charge < -0.3 is 34.0 Å². The van der Waals surface area contributed by atoms with Crippen molar-refractivity contribution in [1.82, 2.24) is 4.68 Å². The third kappa shape index (κ3) is 4.75. The first-order valence-electron chi connectivity index (χ1n) is 13.5. The van der Waals surface area contributed by atoms with Crippen molar-refractivity contribution in [2.24, 2.45) is 16.4 Å². The van der Waals surface area contributed by atoms with E-state index in [-0.39, 0.29) is 34.0 Å². The Morgan fingerprint density at radius 1 is 0.806 bits per heavy atom. The highest BCUT2D eigenvalue weighted by Gasteiger charge is 2.49. The second-order valence-corrected chi connectivity index (χ2v) is 10.7. The van der Waals surface area contributed by atoms with E-state index in [1.807, 2.05) is 0 Å². The lowest BCUT2D eigenvalue weighted by atomic mass is 9.81. The van der Waals surface area contributed by atoms with E-state index in [4.69, 9.17) is 10.4 Å². The largest absolute Gasteiger partial charge is 1.00 e. The number of pyridine rings is 2. The minimum Gasteiger partial charge on any atom is -1.00 e. The zero-order valence-corrected chi connectivity index (χ0v) is 24.6. The Bertz CT molecular complexity index is 1200. The van der Waals surface area contributed by atoms with Crippen LogP contribution in [-0.2, 0) is 0 Å². The first-order valence-corrected chi connectivity index (χ1v) is 13.5. The van der Waals surface area contributed by atoms with Gasteiger partial charge in [0.05, 0.1) is 22.8 Å². The molecule has 36 heavy (non-hydrogen) atoms. The number of fused-ring (bicyclic) bond motifs is 2. The summed E-state index contributed by atoms with van der Waals surface area (Å²) in [6.45, 7) is 4.60. The highest BCUT2D eigenvalue weighted by Crippen LogP contribution is 2.39. The quantitative estimate of drug-likeness (QED) is 0.301. The maximum absolute atomic E-state index is 5.05. The summed E-state index contributed by atoms with van der Waals surface area (Å²) in [5.41, 5.74) is 3.75. The Morgan fingerprint density at radius 2 is 1.47 bits per heavy atom. The normalized spacial score (nSPS) is 23.0. The van der Waals surface area contributed by atoms with Crippen LogP contribution in [0.1, 0.15) is 94.5 Å². The molecule has 194 valence electrons. The molecule has 2 saturated carbocycles. The van der Waals surface area contributed by atoms with Crippen molar-refractivity contribution >= 4 is 11.5 Å². The molecule has 2 fully saturated rings. The second kappa shape index (κ2) is 11.7. The number of rotatable bonds is 4. The number of halogens is 2. The van der Waals surface area contributed by atoms with E-state index < -0.39 is 0 Å². The molecule has 0 saturated heterocycles. The van der Waals surface area contributed by atoms with Crippen LogP contribution >= 0.6 is 0 Å². The molecule has 3 aliphatic rings. The van der Waals surface area contributed by atoms with Crippen LogP contribution in [0.15, 0.2) is 59.2 Å². The summed E-state index contributed by atoms with van der Waals surface area (Å²) in [7, 11) is 0. The van der Waals surface area contributed by atoms with Gasteiger partial charge >= 0.3 is 11.5 Å². The molecule has 0 N–H and O–H groups in total. The van der Waals surface area contributed by atoms with Gasteiger partial charge in [0.25, 0.3) is 0 Å². The van der Waals surface area contributed by atoms with Gasteiger partial charge in [0.2, 0.25) is 0 Å². The third-order valence-electron chi connectivity index (χ3n) is 8.68. The van der Waals surface area contributed by atoms with Gasteiger partial charge in [-0.3, -0.25) is 0 Å². The molecule has 4 heterocycles. The minimum atomic E-state index is 0. The number of aromatic nitrogens is 3. The monoisotopic (exact) mass is 616 g/mol. The van der Waals surface area contributed by atoms with Crippen molar-refractivity contribution in [2.75, 3.05) is 5.01 Å². The van der Waals surface area contributed by atoms with Crippen LogP contribution in [0.3, 0.4) is 0 Å². The first kappa shape index (κ1) is 27.2. The van der Waals surface area contributed by atoms with E-state index in [0.717, 1.165) is 11.5 Å². The molecular weight excluding hydrogens is 580 g/mol. The molecule has 0 aromatic carbocycles. The van der Waals surface area contributed by atoms with Crippen LogP contribution in [0.5, 0.6) is 0 Å². The predicted octanol–water partition coefficient (Wildman–Crippen LogP) is 0.0388. The molecule has 2 atom stereocenters. The fourth-order valence-electron chi connectivity index (χ4n) is 6.99. The fraction of sp³-hybridized carbons (Fsp3) is 0.571. The number of hydrogen-bond acceptors (Lipinski definition) is 2. The molecule has 8 heteroatoms. The molecule has 2 aliphatic carbocycles. The summed E-state index contributed by atoms with van der Waals surface area (Å²) in [6, 6.07) is 13.6. The smallest absolute Gasteiger partial charge is 0.313 e. The van der Waals surface area contributed by atoms with Gasteiger partial charge in [-0.05, 0) is 44.7 Å². The molecule has 1 aliphatic heterocycles. The first-order chi connectivity index (χ1) is 16.7. The summed E-state index contributed by atoms with van der Waals surface area (Å²) in [5, 5.41) is 12.3. The third-order valence-corrected chi connectivity index (χ3v) is 8.68. The molecule has 6 nitrogen and oxygen atoms in total. The number of aryl methyl sites for hydroxylation is 1. The average molecular weight is 618 g/mol. The summed E-state index contributed by atoms with van der Waals surface area (Å²) in [4.78, 5) is 0. The Kier molecular flexibility index (Phi) is 8.87. The molecule has 2 unspecified atom stereocenters. The molecule has 0 spiro atoms. The molecular formula is C28H38Br2N6. The molecule has 0 bridgehead atoms. The van der Waals surface area contributed by atoms with Gasteiger partial charge in [-0.2, -0.15) is 4.40 Å². The second-order valence-electron chi connectivity index (χ2n) is 10.7. The number of nitrogens with zero attached hydrogens (tertiary/aromatic N) is 6. The number of imidazole rings is 1. The lowest BCUT2D eigenvalue weighted by Crippen LogP contribution is -3.00. The van der Waals surface area contributed by atoms with E-state index in [0.29, 0.717) is 23.9 Å². The van der Waals surface area contributed by atoms with E-state index in [1.165, 1.54) is 75.6 Å². The SMILES string of the molecule is Cc1c(C2CCCCC2)n(/N=N/N2c3cccc[n+]3C(C)C2C2CCCCC2)c2cccc[n+]12.[Br-].[Br-]. The standard InChI is InChI=1S/C28H38N6.2BrH/c1-21-27(23-13-5-3-6-14-23)33(25-17-9-11-19-31(21)25)29-30-34-26-18-10-12-20-32(26)22(2)28(34)24-15-7-4-8-16-24;;/h9-12,17-21,23-24,27H,3-8,13-16H2,1-2H3;2*1H/q+2;;/p-2/b30-29+;;.